The Bertz CT molecular complexity index is 1410. The Morgan fingerprint density at radius 1 is 1.11 bits per heavy atom. The number of nitrogens with one attached hydrogen (secondary N) is 1. The number of ether oxygens (including phenoxy) is 4. The lowest BCUT2D eigenvalue weighted by Gasteiger charge is -2.41. The minimum atomic E-state index is -1.84. The third-order valence-corrected chi connectivity index (χ3v) is 7.54. The minimum absolute atomic E-state index is 0.0638. The van der Waals surface area contributed by atoms with Gasteiger partial charge in [0.15, 0.2) is 5.75 Å². The van der Waals surface area contributed by atoms with Gasteiger partial charge < -0.3 is 24.3 Å². The molecule has 1 aliphatic carbocycles. The molecule has 5 rings (SSSR count). The van der Waals surface area contributed by atoms with Crippen LogP contribution in [0.2, 0.25) is 5.02 Å². The summed E-state index contributed by atoms with van der Waals surface area (Å²) in [6, 6.07) is 10.8. The molecule has 8 nitrogen and oxygen atoms in total. The number of ketones is 2. The number of carbonyl (C=O) groups is 3. The zero-order valence-electron chi connectivity index (χ0n) is 21.7. The maximum Gasteiger partial charge on any atom is 0.354 e. The number of fused-ring (bicyclic) bond motifs is 1. The zero-order valence-corrected chi connectivity index (χ0v) is 22.5. The summed E-state index contributed by atoms with van der Waals surface area (Å²) in [6.45, 7) is 5.31. The summed E-state index contributed by atoms with van der Waals surface area (Å²) in [7, 11) is 2.87. The number of dihydropyridines is 1. The predicted molar refractivity (Wildman–Crippen MR) is 140 cm³/mol. The van der Waals surface area contributed by atoms with E-state index in [0.29, 0.717) is 11.3 Å². The summed E-state index contributed by atoms with van der Waals surface area (Å²) in [5.74, 6) is -2.18. The van der Waals surface area contributed by atoms with Crippen molar-refractivity contribution in [1.82, 2.24) is 5.32 Å². The van der Waals surface area contributed by atoms with Crippen molar-refractivity contribution in [2.75, 3.05) is 14.2 Å². The van der Waals surface area contributed by atoms with Gasteiger partial charge in [0, 0.05) is 29.2 Å². The maximum atomic E-state index is 14.5. The number of Topliss-reactive ketones (excluding diaryl/α,β-unsaturated/α-hetero) is 2. The third-order valence-electron chi connectivity index (χ3n) is 7.18. The number of methoxy groups -OCH3 is 2. The number of halogens is 1. The standard InChI is InChI=1S/C29H28ClNO7/c1-14(2)37-28(34)19-12-17(16-9-7-6-8-10-16)22-18(31-19)11-15(3)29(26(22)32)27(33)23-20(35-4)13-21(36-5)24(30)25(23)38-29/h6-10,12-15,17,31H,11H2,1-5H3. The molecule has 2 heterocycles. The van der Waals surface area contributed by atoms with Gasteiger partial charge in [-0.25, -0.2) is 4.79 Å². The first-order valence-corrected chi connectivity index (χ1v) is 12.7. The van der Waals surface area contributed by atoms with Crippen molar-refractivity contribution >= 4 is 29.1 Å². The first kappa shape index (κ1) is 25.9. The van der Waals surface area contributed by atoms with Crippen LogP contribution in [-0.4, -0.2) is 43.5 Å². The quantitative estimate of drug-likeness (QED) is 0.430. The fourth-order valence-electron chi connectivity index (χ4n) is 5.42. The topological polar surface area (TPSA) is 100 Å². The number of rotatable bonds is 5. The van der Waals surface area contributed by atoms with Gasteiger partial charge in [-0.3, -0.25) is 9.59 Å². The van der Waals surface area contributed by atoms with E-state index in [-0.39, 0.29) is 46.1 Å². The van der Waals surface area contributed by atoms with E-state index in [9.17, 15) is 14.4 Å². The Hall–Kier alpha value is -3.78. The second kappa shape index (κ2) is 9.51. The number of hydrogen-bond donors (Lipinski definition) is 1. The van der Waals surface area contributed by atoms with Crippen molar-refractivity contribution < 1.29 is 33.3 Å². The van der Waals surface area contributed by atoms with Gasteiger partial charge >= 0.3 is 5.97 Å². The molecule has 0 aromatic heterocycles. The van der Waals surface area contributed by atoms with Crippen molar-refractivity contribution in [3.63, 3.8) is 0 Å². The van der Waals surface area contributed by atoms with Crippen LogP contribution >= 0.6 is 11.6 Å². The molecule has 9 heteroatoms. The summed E-state index contributed by atoms with van der Waals surface area (Å²) in [6.07, 6.45) is 1.63. The lowest BCUT2D eigenvalue weighted by atomic mass is 9.67. The molecule has 1 N–H and O–H groups in total. The second-order valence-corrected chi connectivity index (χ2v) is 10.2. The average molecular weight is 538 g/mol. The molecular formula is C29H28ClNO7. The highest BCUT2D eigenvalue weighted by molar-refractivity contribution is 6.36. The summed E-state index contributed by atoms with van der Waals surface area (Å²) >= 11 is 6.55. The van der Waals surface area contributed by atoms with Gasteiger partial charge in [-0.1, -0.05) is 48.9 Å². The largest absolute Gasteiger partial charge is 0.496 e. The van der Waals surface area contributed by atoms with E-state index in [4.69, 9.17) is 30.5 Å². The molecule has 2 aromatic rings. The number of benzene rings is 2. The van der Waals surface area contributed by atoms with Gasteiger partial charge in [-0.2, -0.15) is 0 Å². The SMILES string of the molecule is COc1cc(OC)c2c(c1Cl)OC1(C(=O)C3=C(CC1C)NC(C(=O)OC(C)C)=CC3c1ccccc1)C2=O. The summed E-state index contributed by atoms with van der Waals surface area (Å²) < 4.78 is 22.5. The summed E-state index contributed by atoms with van der Waals surface area (Å²) in [5, 5.41) is 3.21. The molecule has 3 aliphatic rings. The molecule has 2 aliphatic heterocycles. The lowest BCUT2D eigenvalue weighted by molar-refractivity contribution is -0.143. The van der Waals surface area contributed by atoms with Crippen LogP contribution in [0.15, 0.2) is 59.4 Å². The maximum absolute atomic E-state index is 14.5. The van der Waals surface area contributed by atoms with Crippen LogP contribution in [0.5, 0.6) is 17.2 Å². The van der Waals surface area contributed by atoms with Gasteiger partial charge in [0.2, 0.25) is 17.2 Å². The first-order chi connectivity index (χ1) is 18.1. The number of allylic oxidation sites excluding steroid dienone is 2. The van der Waals surface area contributed by atoms with Gasteiger partial charge in [-0.15, -0.1) is 0 Å². The molecule has 198 valence electrons. The highest BCUT2D eigenvalue weighted by atomic mass is 35.5. The Morgan fingerprint density at radius 3 is 2.42 bits per heavy atom. The van der Waals surface area contributed by atoms with E-state index < -0.39 is 35.0 Å². The van der Waals surface area contributed by atoms with E-state index in [0.717, 1.165) is 5.56 Å². The molecule has 0 saturated heterocycles. The van der Waals surface area contributed by atoms with Crippen molar-refractivity contribution in [3.05, 3.63) is 75.6 Å². The second-order valence-electron chi connectivity index (χ2n) is 9.84. The van der Waals surface area contributed by atoms with Crippen LogP contribution in [0.4, 0.5) is 0 Å². The molecular weight excluding hydrogens is 510 g/mol. The van der Waals surface area contributed by atoms with E-state index in [1.54, 1.807) is 26.8 Å². The lowest BCUT2D eigenvalue weighted by Crippen LogP contribution is -2.58. The molecule has 3 unspecified atom stereocenters. The van der Waals surface area contributed by atoms with Gasteiger partial charge in [-0.05, 0) is 31.9 Å². The molecule has 38 heavy (non-hydrogen) atoms. The van der Waals surface area contributed by atoms with Gasteiger partial charge in [0.05, 0.1) is 20.3 Å². The minimum Gasteiger partial charge on any atom is -0.496 e. The highest BCUT2D eigenvalue weighted by Gasteiger charge is 2.63. The Balaban J connectivity index is 1.64. The normalized spacial score (nSPS) is 23.9. The van der Waals surface area contributed by atoms with E-state index in [1.165, 1.54) is 20.3 Å². The van der Waals surface area contributed by atoms with Crippen LogP contribution in [0.25, 0.3) is 0 Å². The van der Waals surface area contributed by atoms with Gasteiger partial charge in [0.25, 0.3) is 0 Å². The zero-order chi connectivity index (χ0) is 27.4. The Labute approximate surface area is 225 Å². The fraction of sp³-hybridized carbons (Fsp3) is 0.345. The molecule has 0 fully saturated rings. The number of esters is 1. The smallest absolute Gasteiger partial charge is 0.354 e. The van der Waals surface area contributed by atoms with Crippen LogP contribution in [0.3, 0.4) is 0 Å². The van der Waals surface area contributed by atoms with Crippen LogP contribution in [-0.2, 0) is 14.3 Å². The van der Waals surface area contributed by atoms with E-state index in [1.807, 2.05) is 30.3 Å². The van der Waals surface area contributed by atoms with Crippen molar-refractivity contribution in [2.45, 2.75) is 44.8 Å². The van der Waals surface area contributed by atoms with Crippen molar-refractivity contribution in [2.24, 2.45) is 5.92 Å². The molecule has 0 radical (unpaired) electrons. The summed E-state index contributed by atoms with van der Waals surface area (Å²) in [4.78, 5) is 41.4. The van der Waals surface area contributed by atoms with Crippen LogP contribution in [0, 0.1) is 5.92 Å². The van der Waals surface area contributed by atoms with Crippen LogP contribution < -0.4 is 19.5 Å². The third kappa shape index (κ3) is 3.77. The fourth-order valence-corrected chi connectivity index (χ4v) is 5.68. The predicted octanol–water partition coefficient (Wildman–Crippen LogP) is 4.76. The van der Waals surface area contributed by atoms with Crippen molar-refractivity contribution in [1.29, 1.82) is 0 Å². The Kier molecular flexibility index (Phi) is 6.47. The van der Waals surface area contributed by atoms with E-state index in [2.05, 4.69) is 5.32 Å². The van der Waals surface area contributed by atoms with Crippen molar-refractivity contribution in [3.8, 4) is 17.2 Å². The Morgan fingerprint density at radius 2 is 1.79 bits per heavy atom. The van der Waals surface area contributed by atoms with E-state index >= 15 is 0 Å². The average Bonchev–Trinajstić information content (AvgIpc) is 3.22. The first-order valence-electron chi connectivity index (χ1n) is 12.3. The highest BCUT2D eigenvalue weighted by Crippen LogP contribution is 2.55. The number of carbonyl (C=O) groups excluding carboxylic acids is 3. The van der Waals surface area contributed by atoms with Gasteiger partial charge in [0.1, 0.15) is 27.8 Å². The monoisotopic (exact) mass is 537 g/mol. The summed E-state index contributed by atoms with van der Waals surface area (Å²) in [5.41, 5.74) is 0.220. The molecule has 1 spiro atoms. The number of hydrogen-bond acceptors (Lipinski definition) is 8. The molecule has 0 amide bonds. The molecule has 2 aromatic carbocycles. The van der Waals surface area contributed by atoms with Crippen LogP contribution in [0.1, 0.15) is 49.0 Å². The molecule has 0 saturated carbocycles. The molecule has 3 atom stereocenters. The molecule has 0 bridgehead atoms.